The summed E-state index contributed by atoms with van der Waals surface area (Å²) in [6.07, 6.45) is 1.75. The van der Waals surface area contributed by atoms with Crippen LogP contribution in [0.2, 0.25) is 0 Å². The van der Waals surface area contributed by atoms with E-state index in [1.54, 1.807) is 13.1 Å². The molecule has 1 aromatic heterocycles. The Labute approximate surface area is 112 Å². The number of hydrogen-bond acceptors (Lipinski definition) is 3. The van der Waals surface area contributed by atoms with E-state index in [-0.39, 0.29) is 18.4 Å². The Morgan fingerprint density at radius 1 is 1.37 bits per heavy atom. The first-order valence-electron chi connectivity index (χ1n) is 6.12. The predicted molar refractivity (Wildman–Crippen MR) is 70.6 cm³/mol. The van der Waals surface area contributed by atoms with Gasteiger partial charge in [-0.3, -0.25) is 9.78 Å². The van der Waals surface area contributed by atoms with Crippen molar-refractivity contribution in [2.75, 3.05) is 6.54 Å². The Hall–Kier alpha value is -2.11. The van der Waals surface area contributed by atoms with Crippen molar-refractivity contribution in [3.63, 3.8) is 0 Å². The molecule has 0 spiro atoms. The summed E-state index contributed by atoms with van der Waals surface area (Å²) in [5.41, 5.74) is 1.84. The number of rotatable bonds is 6. The summed E-state index contributed by atoms with van der Waals surface area (Å²) in [7, 11) is 0. The van der Waals surface area contributed by atoms with Gasteiger partial charge in [0.05, 0.1) is 0 Å². The Morgan fingerprint density at radius 2 is 2.11 bits per heavy atom. The van der Waals surface area contributed by atoms with Crippen molar-refractivity contribution >= 4 is 12.0 Å². The van der Waals surface area contributed by atoms with E-state index < -0.39 is 5.97 Å². The average molecular weight is 265 g/mol. The van der Waals surface area contributed by atoms with Gasteiger partial charge in [-0.15, -0.1) is 0 Å². The molecule has 6 heteroatoms. The summed E-state index contributed by atoms with van der Waals surface area (Å²) in [5.74, 6) is -0.954. The fraction of sp³-hybridized carbons (Fsp3) is 0.462. The minimum Gasteiger partial charge on any atom is -0.481 e. The predicted octanol–water partition coefficient (Wildman–Crippen LogP) is 1.30. The first-order chi connectivity index (χ1) is 8.97. The normalized spacial score (nSPS) is 11.7. The van der Waals surface area contributed by atoms with Crippen molar-refractivity contribution in [3.8, 4) is 0 Å². The van der Waals surface area contributed by atoms with Crippen LogP contribution in [0, 0.1) is 12.8 Å². The minimum atomic E-state index is -0.861. The number of urea groups is 1. The summed E-state index contributed by atoms with van der Waals surface area (Å²) in [6, 6.07) is 3.47. The van der Waals surface area contributed by atoms with Crippen LogP contribution in [0.3, 0.4) is 0 Å². The second-order valence-electron chi connectivity index (χ2n) is 4.57. The van der Waals surface area contributed by atoms with E-state index >= 15 is 0 Å². The van der Waals surface area contributed by atoms with Crippen molar-refractivity contribution in [1.82, 2.24) is 15.6 Å². The van der Waals surface area contributed by atoms with E-state index in [0.717, 1.165) is 11.3 Å². The van der Waals surface area contributed by atoms with Crippen molar-refractivity contribution in [1.29, 1.82) is 0 Å². The molecule has 1 rings (SSSR count). The Kier molecular flexibility index (Phi) is 5.78. The molecule has 0 aliphatic carbocycles. The summed E-state index contributed by atoms with van der Waals surface area (Å²) in [4.78, 5) is 26.1. The Bertz CT molecular complexity index is 431. The van der Waals surface area contributed by atoms with E-state index in [4.69, 9.17) is 5.11 Å². The van der Waals surface area contributed by atoms with Gasteiger partial charge in [0.25, 0.3) is 0 Å². The first-order valence-corrected chi connectivity index (χ1v) is 6.12. The number of carbonyl (C=O) groups excluding carboxylic acids is 1. The molecule has 0 aliphatic rings. The number of carbonyl (C=O) groups is 2. The zero-order chi connectivity index (χ0) is 14.3. The summed E-state index contributed by atoms with van der Waals surface area (Å²) in [5, 5.41) is 13.9. The fourth-order valence-electron chi connectivity index (χ4n) is 1.49. The number of carboxylic acid groups (broad SMARTS) is 1. The van der Waals surface area contributed by atoms with Gasteiger partial charge in [-0.1, -0.05) is 13.0 Å². The topological polar surface area (TPSA) is 91.3 Å². The molecule has 0 bridgehead atoms. The molecule has 0 radical (unpaired) electrons. The number of hydrogen-bond donors (Lipinski definition) is 3. The van der Waals surface area contributed by atoms with Crippen LogP contribution in [0.15, 0.2) is 18.3 Å². The van der Waals surface area contributed by atoms with Crippen molar-refractivity contribution in [3.05, 3.63) is 29.6 Å². The molecule has 0 aliphatic heterocycles. The maximum atomic E-state index is 11.5. The SMILES string of the molecule is Cc1ccc(CNC(=O)NCC(C)CC(=O)O)cn1. The Morgan fingerprint density at radius 3 is 2.68 bits per heavy atom. The maximum Gasteiger partial charge on any atom is 0.315 e. The van der Waals surface area contributed by atoms with Gasteiger partial charge in [0.1, 0.15) is 0 Å². The van der Waals surface area contributed by atoms with Gasteiger partial charge >= 0.3 is 12.0 Å². The molecule has 1 atom stereocenters. The highest BCUT2D eigenvalue weighted by Gasteiger charge is 2.09. The van der Waals surface area contributed by atoms with E-state index in [9.17, 15) is 9.59 Å². The van der Waals surface area contributed by atoms with Gasteiger partial charge < -0.3 is 15.7 Å². The quantitative estimate of drug-likeness (QED) is 0.723. The van der Waals surface area contributed by atoms with Crippen LogP contribution in [0.25, 0.3) is 0 Å². The number of aromatic nitrogens is 1. The van der Waals surface area contributed by atoms with Crippen molar-refractivity contribution in [2.45, 2.75) is 26.8 Å². The molecule has 1 aromatic rings. The molecule has 0 fully saturated rings. The minimum absolute atomic E-state index is 0.0438. The van der Waals surface area contributed by atoms with Gasteiger partial charge in [-0.05, 0) is 24.5 Å². The zero-order valence-corrected chi connectivity index (χ0v) is 11.1. The lowest BCUT2D eigenvalue weighted by atomic mass is 10.1. The lowest BCUT2D eigenvalue weighted by Gasteiger charge is -2.11. The van der Waals surface area contributed by atoms with Gasteiger partial charge in [-0.25, -0.2) is 4.79 Å². The van der Waals surface area contributed by atoms with Crippen LogP contribution in [-0.2, 0) is 11.3 Å². The van der Waals surface area contributed by atoms with Crippen molar-refractivity contribution < 1.29 is 14.7 Å². The molecule has 104 valence electrons. The lowest BCUT2D eigenvalue weighted by molar-refractivity contribution is -0.137. The second kappa shape index (κ2) is 7.35. The standard InChI is InChI=1S/C13H19N3O3/c1-9(5-12(17)18)6-15-13(19)16-8-11-4-3-10(2)14-7-11/h3-4,7,9H,5-6,8H2,1-2H3,(H,17,18)(H2,15,16,19). The van der Waals surface area contributed by atoms with E-state index in [2.05, 4.69) is 15.6 Å². The summed E-state index contributed by atoms with van der Waals surface area (Å²) in [6.45, 7) is 4.41. The lowest BCUT2D eigenvalue weighted by Crippen LogP contribution is -2.37. The van der Waals surface area contributed by atoms with Crippen molar-refractivity contribution in [2.24, 2.45) is 5.92 Å². The highest BCUT2D eigenvalue weighted by atomic mass is 16.4. The molecule has 6 nitrogen and oxygen atoms in total. The second-order valence-corrected chi connectivity index (χ2v) is 4.57. The number of aliphatic carboxylic acids is 1. The highest BCUT2D eigenvalue weighted by Crippen LogP contribution is 2.00. The molecular weight excluding hydrogens is 246 g/mol. The summed E-state index contributed by atoms with van der Waals surface area (Å²) >= 11 is 0. The van der Waals surface area contributed by atoms with E-state index in [1.165, 1.54) is 0 Å². The smallest absolute Gasteiger partial charge is 0.315 e. The van der Waals surface area contributed by atoms with E-state index in [1.807, 2.05) is 19.1 Å². The molecular formula is C13H19N3O3. The van der Waals surface area contributed by atoms with Crippen LogP contribution in [0.5, 0.6) is 0 Å². The van der Waals surface area contributed by atoms with Gasteiger partial charge in [-0.2, -0.15) is 0 Å². The van der Waals surface area contributed by atoms with Crippen LogP contribution in [-0.4, -0.2) is 28.6 Å². The molecule has 3 N–H and O–H groups in total. The third-order valence-corrected chi connectivity index (χ3v) is 2.56. The summed E-state index contributed by atoms with van der Waals surface area (Å²) < 4.78 is 0. The molecule has 1 heterocycles. The van der Waals surface area contributed by atoms with Gasteiger partial charge in [0, 0.05) is 31.4 Å². The number of carboxylic acids is 1. The monoisotopic (exact) mass is 265 g/mol. The first kappa shape index (κ1) is 14.9. The molecule has 0 aromatic carbocycles. The molecule has 0 saturated heterocycles. The third-order valence-electron chi connectivity index (χ3n) is 2.56. The Balaban J connectivity index is 2.24. The molecule has 19 heavy (non-hydrogen) atoms. The van der Waals surface area contributed by atoms with E-state index in [0.29, 0.717) is 13.1 Å². The molecule has 1 unspecified atom stereocenters. The van der Waals surface area contributed by atoms with Crippen LogP contribution >= 0.6 is 0 Å². The number of pyridine rings is 1. The average Bonchev–Trinajstić information content (AvgIpc) is 2.35. The number of amides is 2. The van der Waals surface area contributed by atoms with Crippen LogP contribution in [0.4, 0.5) is 4.79 Å². The highest BCUT2D eigenvalue weighted by molar-refractivity contribution is 5.74. The number of aryl methyl sites for hydroxylation is 1. The van der Waals surface area contributed by atoms with Crippen LogP contribution < -0.4 is 10.6 Å². The van der Waals surface area contributed by atoms with Crippen LogP contribution in [0.1, 0.15) is 24.6 Å². The number of nitrogens with zero attached hydrogens (tertiary/aromatic N) is 1. The molecule has 0 saturated carbocycles. The fourth-order valence-corrected chi connectivity index (χ4v) is 1.49. The number of nitrogens with one attached hydrogen (secondary N) is 2. The largest absolute Gasteiger partial charge is 0.481 e. The maximum absolute atomic E-state index is 11.5. The molecule has 2 amide bonds. The van der Waals surface area contributed by atoms with Gasteiger partial charge in [0.2, 0.25) is 0 Å². The van der Waals surface area contributed by atoms with Gasteiger partial charge in [0.15, 0.2) is 0 Å². The zero-order valence-electron chi connectivity index (χ0n) is 11.1. The third kappa shape index (κ3) is 6.40.